The molecule has 3 heterocycles. The number of carbonyl (C=O) groups is 1. The van der Waals surface area contributed by atoms with Crippen LogP contribution in [-0.4, -0.2) is 37.9 Å². The van der Waals surface area contributed by atoms with E-state index in [1.54, 1.807) is 54.6 Å². The lowest BCUT2D eigenvalue weighted by molar-refractivity contribution is 0.0930. The predicted octanol–water partition coefficient (Wildman–Crippen LogP) is 2.45. The molecule has 3 aromatic heterocycles. The average molecular weight is 381 g/mol. The van der Waals surface area contributed by atoms with Gasteiger partial charge in [-0.25, -0.2) is 4.98 Å². The second-order valence-corrected chi connectivity index (χ2v) is 6.77. The molecule has 2 N–H and O–H groups in total. The first-order valence-electron chi connectivity index (χ1n) is 8.40. The van der Waals surface area contributed by atoms with Crippen LogP contribution in [0.25, 0.3) is 11.4 Å². The van der Waals surface area contributed by atoms with Gasteiger partial charge in [0.05, 0.1) is 11.7 Å². The van der Waals surface area contributed by atoms with Gasteiger partial charge in [0.2, 0.25) is 0 Å². The van der Waals surface area contributed by atoms with Crippen molar-refractivity contribution in [2.24, 2.45) is 0 Å². The van der Waals surface area contributed by atoms with Crippen molar-refractivity contribution in [2.75, 3.05) is 12.0 Å². The summed E-state index contributed by atoms with van der Waals surface area (Å²) in [6, 6.07) is 9.76. The number of rotatable bonds is 7. The number of amides is 1. The third-order valence-electron chi connectivity index (χ3n) is 3.87. The number of pyridine rings is 2. The smallest absolute Gasteiger partial charge is 0.270 e. The average Bonchev–Trinajstić information content (AvgIpc) is 2.71. The molecule has 3 rings (SSSR count). The fourth-order valence-corrected chi connectivity index (χ4v) is 3.02. The minimum absolute atomic E-state index is 0.278. The minimum atomic E-state index is -0.398. The van der Waals surface area contributed by atoms with Crippen LogP contribution in [0.1, 0.15) is 28.6 Å². The molecule has 0 unspecified atom stereocenters. The topological polar surface area (TPSA) is 101 Å². The van der Waals surface area contributed by atoms with Gasteiger partial charge in [-0.15, -0.1) is 0 Å². The number of carbonyl (C=O) groups excluding carboxylic acids is 1. The van der Waals surface area contributed by atoms with Crippen molar-refractivity contribution in [1.29, 1.82) is 0 Å². The number of hydrogen-bond donors (Lipinski definition) is 2. The number of aromatic nitrogens is 4. The fraction of sp³-hybridized carbons (Fsp3) is 0.211. The predicted molar refractivity (Wildman–Crippen MR) is 106 cm³/mol. The molecule has 0 spiro atoms. The Bertz CT molecular complexity index is 947. The molecule has 0 bridgehead atoms. The molecule has 0 fully saturated rings. The van der Waals surface area contributed by atoms with Gasteiger partial charge in [0, 0.05) is 30.2 Å². The molecule has 3 aromatic rings. The highest BCUT2D eigenvalue weighted by atomic mass is 32.2. The van der Waals surface area contributed by atoms with Crippen LogP contribution in [0.2, 0.25) is 0 Å². The van der Waals surface area contributed by atoms with Crippen molar-refractivity contribution in [3.8, 4) is 11.4 Å². The van der Waals surface area contributed by atoms with E-state index in [0.717, 1.165) is 5.75 Å². The fourth-order valence-electron chi connectivity index (χ4n) is 2.55. The first-order chi connectivity index (χ1) is 13.2. The van der Waals surface area contributed by atoms with E-state index in [1.807, 2.05) is 12.3 Å². The number of hydrogen-bond acceptors (Lipinski definition) is 6. The first kappa shape index (κ1) is 18.8. The molecule has 0 saturated carbocycles. The summed E-state index contributed by atoms with van der Waals surface area (Å²) < 4.78 is 0. The lowest BCUT2D eigenvalue weighted by atomic mass is 10.1. The number of nitrogens with zero attached hydrogens (tertiary/aromatic N) is 3. The van der Waals surface area contributed by atoms with E-state index in [9.17, 15) is 9.59 Å². The van der Waals surface area contributed by atoms with E-state index in [1.165, 1.54) is 6.07 Å². The van der Waals surface area contributed by atoms with Crippen LogP contribution in [0.4, 0.5) is 0 Å². The van der Waals surface area contributed by atoms with E-state index < -0.39 is 6.04 Å². The molecule has 0 aliphatic carbocycles. The zero-order valence-electron chi connectivity index (χ0n) is 14.8. The molecule has 1 amide bonds. The van der Waals surface area contributed by atoms with Gasteiger partial charge >= 0.3 is 0 Å². The normalized spacial score (nSPS) is 11.7. The van der Waals surface area contributed by atoms with Gasteiger partial charge in [0.25, 0.3) is 11.5 Å². The number of nitrogens with one attached hydrogen (secondary N) is 2. The minimum Gasteiger partial charge on any atom is -0.342 e. The zero-order chi connectivity index (χ0) is 19.1. The zero-order valence-corrected chi connectivity index (χ0v) is 15.6. The van der Waals surface area contributed by atoms with Crippen LogP contribution in [-0.2, 0) is 0 Å². The third-order valence-corrected chi connectivity index (χ3v) is 4.51. The quantitative estimate of drug-likeness (QED) is 0.652. The largest absolute Gasteiger partial charge is 0.342 e. The summed E-state index contributed by atoms with van der Waals surface area (Å²) in [5, 5.41) is 2.94. The Morgan fingerprint density at radius 3 is 2.85 bits per heavy atom. The summed E-state index contributed by atoms with van der Waals surface area (Å²) in [7, 11) is 0. The molecular formula is C19H19N5O2S. The Kier molecular flexibility index (Phi) is 6.32. The summed E-state index contributed by atoms with van der Waals surface area (Å²) in [5.74, 6) is 0.933. The highest BCUT2D eigenvalue weighted by Gasteiger charge is 2.19. The summed E-state index contributed by atoms with van der Waals surface area (Å²) in [4.78, 5) is 40.1. The van der Waals surface area contributed by atoms with Gasteiger partial charge in [-0.05, 0) is 42.7 Å². The van der Waals surface area contributed by atoms with Crippen molar-refractivity contribution in [3.63, 3.8) is 0 Å². The molecule has 7 nitrogen and oxygen atoms in total. The van der Waals surface area contributed by atoms with Gasteiger partial charge in [-0.1, -0.05) is 6.07 Å². The van der Waals surface area contributed by atoms with Crippen molar-refractivity contribution < 1.29 is 4.79 Å². The van der Waals surface area contributed by atoms with E-state index >= 15 is 0 Å². The molecule has 138 valence electrons. The number of thioether (sulfide) groups is 1. The lowest BCUT2D eigenvalue weighted by Crippen LogP contribution is -2.31. The second kappa shape index (κ2) is 9.09. The van der Waals surface area contributed by atoms with Crippen LogP contribution in [0.15, 0.2) is 59.8 Å². The first-order valence-corrected chi connectivity index (χ1v) is 9.79. The second-order valence-electron chi connectivity index (χ2n) is 5.78. The summed E-state index contributed by atoms with van der Waals surface area (Å²) in [6.45, 7) is 0. The van der Waals surface area contributed by atoms with E-state index in [0.29, 0.717) is 29.2 Å². The molecular weight excluding hydrogens is 362 g/mol. The Labute approximate surface area is 160 Å². The van der Waals surface area contributed by atoms with Crippen molar-refractivity contribution >= 4 is 17.7 Å². The molecule has 0 aliphatic heterocycles. The number of aromatic amines is 1. The van der Waals surface area contributed by atoms with Gasteiger partial charge in [0.1, 0.15) is 11.5 Å². The van der Waals surface area contributed by atoms with Crippen molar-refractivity contribution in [3.05, 3.63) is 76.7 Å². The lowest BCUT2D eigenvalue weighted by Gasteiger charge is -2.18. The molecule has 27 heavy (non-hydrogen) atoms. The standard InChI is InChI=1S/C19H19N5O2S/c1-27-10-7-14(23-19(26)15-6-2-3-9-21-15)16-11-17(25)24-18(22-16)13-5-4-8-20-12-13/h2-6,8-9,11-12,14H,7,10H2,1H3,(H,23,26)(H,22,24,25)/t14-/m1/s1. The van der Waals surface area contributed by atoms with Crippen LogP contribution < -0.4 is 10.9 Å². The molecule has 0 saturated heterocycles. The molecule has 1 atom stereocenters. The van der Waals surface area contributed by atoms with Gasteiger partial charge in [-0.3, -0.25) is 19.6 Å². The van der Waals surface area contributed by atoms with E-state index in [2.05, 4.69) is 25.3 Å². The van der Waals surface area contributed by atoms with Gasteiger partial charge in [0.15, 0.2) is 0 Å². The summed E-state index contributed by atoms with van der Waals surface area (Å²) >= 11 is 1.66. The van der Waals surface area contributed by atoms with Crippen molar-refractivity contribution in [1.82, 2.24) is 25.3 Å². The van der Waals surface area contributed by atoms with Crippen molar-refractivity contribution in [2.45, 2.75) is 12.5 Å². The van der Waals surface area contributed by atoms with E-state index in [-0.39, 0.29) is 11.5 Å². The SMILES string of the molecule is CSCC[C@@H](NC(=O)c1ccccn1)c1cc(=O)[nH]c(-c2cccnc2)n1. The Morgan fingerprint density at radius 1 is 1.26 bits per heavy atom. The molecule has 0 aliphatic rings. The molecule has 0 aromatic carbocycles. The maximum atomic E-state index is 12.5. The highest BCUT2D eigenvalue weighted by molar-refractivity contribution is 7.98. The summed E-state index contributed by atoms with van der Waals surface area (Å²) in [5.41, 5.74) is 1.26. The maximum absolute atomic E-state index is 12.5. The van der Waals surface area contributed by atoms with Crippen LogP contribution >= 0.6 is 11.8 Å². The van der Waals surface area contributed by atoms with E-state index in [4.69, 9.17) is 0 Å². The molecule has 8 heteroatoms. The van der Waals surface area contributed by atoms with Crippen LogP contribution in [0, 0.1) is 0 Å². The Hall–Kier alpha value is -3.00. The van der Waals surface area contributed by atoms with Gasteiger partial charge < -0.3 is 10.3 Å². The highest BCUT2D eigenvalue weighted by Crippen LogP contribution is 2.19. The van der Waals surface area contributed by atoms with Crippen LogP contribution in [0.5, 0.6) is 0 Å². The van der Waals surface area contributed by atoms with Crippen LogP contribution in [0.3, 0.4) is 0 Å². The number of H-pyrrole nitrogens is 1. The summed E-state index contributed by atoms with van der Waals surface area (Å²) in [6.07, 6.45) is 7.48. The van der Waals surface area contributed by atoms with Gasteiger partial charge in [-0.2, -0.15) is 11.8 Å². The maximum Gasteiger partial charge on any atom is 0.270 e. The Balaban J connectivity index is 1.91. The monoisotopic (exact) mass is 381 g/mol. The molecule has 0 radical (unpaired) electrons. The Morgan fingerprint density at radius 2 is 2.15 bits per heavy atom. The third kappa shape index (κ3) is 5.01.